The van der Waals surface area contributed by atoms with E-state index >= 15 is 0 Å². The molecule has 0 radical (unpaired) electrons. The van der Waals surface area contributed by atoms with Gasteiger partial charge in [0.15, 0.2) is 11.5 Å². The molecule has 2 atom stereocenters. The number of H-pyrrole nitrogens is 1. The normalized spacial score (nSPS) is 13.4. The lowest BCUT2D eigenvalue weighted by Gasteiger charge is -2.23. The van der Waals surface area contributed by atoms with Gasteiger partial charge in [-0.15, -0.1) is 0 Å². The van der Waals surface area contributed by atoms with Gasteiger partial charge in [0.05, 0.1) is 31.7 Å². The van der Waals surface area contributed by atoms with E-state index in [1.807, 2.05) is 0 Å². The molecule has 6 heteroatoms. The summed E-state index contributed by atoms with van der Waals surface area (Å²) in [6.45, 7) is 9.29. The number of hydrogen-bond donors (Lipinski definition) is 2. The van der Waals surface area contributed by atoms with Crippen LogP contribution in [0.5, 0.6) is 11.5 Å². The lowest BCUT2D eigenvalue weighted by Crippen LogP contribution is -2.27. The van der Waals surface area contributed by atoms with Crippen LogP contribution in [0.15, 0.2) is 41.2 Å². The zero-order valence-electron chi connectivity index (χ0n) is 19.3. The number of nitrogens with zero attached hydrogens (tertiary/aromatic N) is 1. The van der Waals surface area contributed by atoms with Crippen LogP contribution in [0, 0.1) is 5.92 Å². The molecule has 3 aromatic rings. The minimum atomic E-state index is -0.193. The second kappa shape index (κ2) is 9.96. The maximum Gasteiger partial charge on any atom is 0.258 e. The van der Waals surface area contributed by atoms with Crippen molar-refractivity contribution in [2.24, 2.45) is 5.92 Å². The first-order valence-electron chi connectivity index (χ1n) is 10.9. The SMILES string of the molecule is CC[C@H](C)c1ccc([C@H](NCc2nc3cc(OC)c(OC)cc3c(=O)[nH]2)C(C)C)cc1. The molecule has 0 amide bonds. The Morgan fingerprint density at radius 3 is 2.19 bits per heavy atom. The van der Waals surface area contributed by atoms with Gasteiger partial charge in [-0.2, -0.15) is 0 Å². The Kier molecular flexibility index (Phi) is 7.33. The number of hydrogen-bond acceptors (Lipinski definition) is 5. The van der Waals surface area contributed by atoms with Gasteiger partial charge in [0.1, 0.15) is 5.82 Å². The molecule has 2 aromatic carbocycles. The summed E-state index contributed by atoms with van der Waals surface area (Å²) in [7, 11) is 3.12. The minimum absolute atomic E-state index is 0.150. The fourth-order valence-electron chi connectivity index (χ4n) is 3.81. The van der Waals surface area contributed by atoms with E-state index in [1.54, 1.807) is 26.4 Å². The van der Waals surface area contributed by atoms with Gasteiger partial charge >= 0.3 is 0 Å². The van der Waals surface area contributed by atoms with E-state index in [1.165, 1.54) is 11.1 Å². The zero-order chi connectivity index (χ0) is 22.5. The Hall–Kier alpha value is -2.86. The van der Waals surface area contributed by atoms with E-state index in [0.29, 0.717) is 46.6 Å². The summed E-state index contributed by atoms with van der Waals surface area (Å²) < 4.78 is 10.6. The van der Waals surface area contributed by atoms with Crippen LogP contribution in [0.3, 0.4) is 0 Å². The smallest absolute Gasteiger partial charge is 0.258 e. The maximum absolute atomic E-state index is 12.6. The second-order valence-electron chi connectivity index (χ2n) is 8.32. The Morgan fingerprint density at radius 1 is 1.00 bits per heavy atom. The van der Waals surface area contributed by atoms with E-state index in [9.17, 15) is 4.79 Å². The molecular formula is C25H33N3O3. The highest BCUT2D eigenvalue weighted by molar-refractivity contribution is 5.81. The summed E-state index contributed by atoms with van der Waals surface area (Å²) >= 11 is 0. The van der Waals surface area contributed by atoms with Gasteiger partial charge < -0.3 is 19.8 Å². The third-order valence-electron chi connectivity index (χ3n) is 5.89. The van der Waals surface area contributed by atoms with Crippen LogP contribution in [0.4, 0.5) is 0 Å². The number of aromatic nitrogens is 2. The average molecular weight is 424 g/mol. The molecule has 1 heterocycles. The molecule has 3 rings (SSSR count). The van der Waals surface area contributed by atoms with Crippen molar-refractivity contribution < 1.29 is 9.47 Å². The van der Waals surface area contributed by atoms with Crippen LogP contribution in [0.25, 0.3) is 10.9 Å². The Bertz CT molecular complexity index is 1070. The Morgan fingerprint density at radius 2 is 1.61 bits per heavy atom. The van der Waals surface area contributed by atoms with Crippen LogP contribution in [0.1, 0.15) is 63.0 Å². The number of methoxy groups -OCH3 is 2. The fraction of sp³-hybridized carbons (Fsp3) is 0.440. The maximum atomic E-state index is 12.6. The first kappa shape index (κ1) is 22.8. The van der Waals surface area contributed by atoms with E-state index < -0.39 is 0 Å². The molecule has 0 fully saturated rings. The van der Waals surface area contributed by atoms with Gasteiger partial charge in [-0.25, -0.2) is 4.98 Å². The van der Waals surface area contributed by atoms with Crippen molar-refractivity contribution in [1.82, 2.24) is 15.3 Å². The van der Waals surface area contributed by atoms with Crippen molar-refractivity contribution in [1.29, 1.82) is 0 Å². The van der Waals surface area contributed by atoms with E-state index in [4.69, 9.17) is 9.47 Å². The molecule has 0 aliphatic rings. The number of rotatable bonds is 9. The molecule has 31 heavy (non-hydrogen) atoms. The molecule has 166 valence electrons. The van der Waals surface area contributed by atoms with Gasteiger partial charge in [-0.3, -0.25) is 4.79 Å². The van der Waals surface area contributed by atoms with Crippen LogP contribution in [-0.2, 0) is 6.54 Å². The van der Waals surface area contributed by atoms with Crippen molar-refractivity contribution in [3.63, 3.8) is 0 Å². The summed E-state index contributed by atoms with van der Waals surface area (Å²) in [6, 6.07) is 12.4. The quantitative estimate of drug-likeness (QED) is 0.510. The molecule has 0 aliphatic heterocycles. The number of fused-ring (bicyclic) bond motifs is 1. The molecule has 0 aliphatic carbocycles. The van der Waals surface area contributed by atoms with Crippen LogP contribution < -0.4 is 20.3 Å². The molecule has 0 spiro atoms. The minimum Gasteiger partial charge on any atom is -0.493 e. The molecule has 2 N–H and O–H groups in total. The molecular weight excluding hydrogens is 390 g/mol. The molecule has 6 nitrogen and oxygen atoms in total. The van der Waals surface area contributed by atoms with Gasteiger partial charge in [0.25, 0.3) is 5.56 Å². The van der Waals surface area contributed by atoms with E-state index in [2.05, 4.69) is 67.2 Å². The third-order valence-corrected chi connectivity index (χ3v) is 5.89. The summed E-state index contributed by atoms with van der Waals surface area (Å²) in [4.78, 5) is 20.2. The van der Waals surface area contributed by atoms with E-state index in [0.717, 1.165) is 6.42 Å². The number of ether oxygens (including phenoxy) is 2. The molecule has 0 bridgehead atoms. The highest BCUT2D eigenvalue weighted by Crippen LogP contribution is 2.30. The largest absolute Gasteiger partial charge is 0.493 e. The standard InChI is InChI=1S/C25H33N3O3/c1-7-16(4)17-8-10-18(11-9-17)24(15(2)3)26-14-23-27-20-13-22(31-6)21(30-5)12-19(20)25(29)28-23/h8-13,15-16,24,26H,7,14H2,1-6H3,(H,27,28,29)/t16-,24+/m0/s1. The summed E-state index contributed by atoms with van der Waals surface area (Å²) in [5, 5.41) is 4.04. The Balaban J connectivity index is 1.84. The number of benzene rings is 2. The van der Waals surface area contributed by atoms with Crippen molar-refractivity contribution in [3.05, 3.63) is 63.7 Å². The van der Waals surface area contributed by atoms with Gasteiger partial charge in [-0.1, -0.05) is 52.0 Å². The summed E-state index contributed by atoms with van der Waals surface area (Å²) in [5.41, 5.74) is 2.98. The highest BCUT2D eigenvalue weighted by atomic mass is 16.5. The molecule has 0 saturated carbocycles. The van der Waals surface area contributed by atoms with E-state index in [-0.39, 0.29) is 11.6 Å². The monoisotopic (exact) mass is 423 g/mol. The lowest BCUT2D eigenvalue weighted by molar-refractivity contribution is 0.355. The van der Waals surface area contributed by atoms with Crippen LogP contribution in [0.2, 0.25) is 0 Å². The predicted octanol–water partition coefficient (Wildman–Crippen LogP) is 4.94. The summed E-state index contributed by atoms with van der Waals surface area (Å²) in [5.74, 6) is 2.59. The lowest BCUT2D eigenvalue weighted by atomic mass is 9.92. The number of nitrogens with one attached hydrogen (secondary N) is 2. The molecule has 1 aromatic heterocycles. The Labute approximate surface area is 184 Å². The average Bonchev–Trinajstić information content (AvgIpc) is 2.78. The predicted molar refractivity (Wildman–Crippen MR) is 125 cm³/mol. The van der Waals surface area contributed by atoms with Gasteiger partial charge in [0.2, 0.25) is 0 Å². The van der Waals surface area contributed by atoms with Crippen molar-refractivity contribution in [2.75, 3.05) is 14.2 Å². The van der Waals surface area contributed by atoms with Crippen molar-refractivity contribution in [3.8, 4) is 11.5 Å². The van der Waals surface area contributed by atoms with Gasteiger partial charge in [-0.05, 0) is 35.4 Å². The van der Waals surface area contributed by atoms with Crippen molar-refractivity contribution >= 4 is 10.9 Å². The summed E-state index contributed by atoms with van der Waals surface area (Å²) in [6.07, 6.45) is 1.13. The van der Waals surface area contributed by atoms with Gasteiger partial charge in [0, 0.05) is 12.1 Å². The topological polar surface area (TPSA) is 76.2 Å². The molecule has 0 saturated heterocycles. The zero-order valence-corrected chi connectivity index (χ0v) is 19.3. The van der Waals surface area contributed by atoms with Crippen molar-refractivity contribution in [2.45, 2.75) is 52.6 Å². The number of aromatic amines is 1. The molecule has 0 unspecified atom stereocenters. The first-order chi connectivity index (χ1) is 14.9. The fourth-order valence-corrected chi connectivity index (χ4v) is 3.81. The highest BCUT2D eigenvalue weighted by Gasteiger charge is 2.17. The second-order valence-corrected chi connectivity index (χ2v) is 8.32. The van der Waals surface area contributed by atoms with Crippen LogP contribution in [-0.4, -0.2) is 24.2 Å². The first-order valence-corrected chi connectivity index (χ1v) is 10.9. The third kappa shape index (κ3) is 5.07. The van der Waals surface area contributed by atoms with Crippen LogP contribution >= 0.6 is 0 Å².